The number of methoxy groups -OCH3 is 1. The van der Waals surface area contributed by atoms with Gasteiger partial charge in [-0.3, -0.25) is 20.5 Å². The van der Waals surface area contributed by atoms with E-state index < -0.39 is 12.1 Å². The molecule has 7 heteroatoms. The van der Waals surface area contributed by atoms with Gasteiger partial charge in [0.25, 0.3) is 5.91 Å². The number of anilines is 1. The highest BCUT2D eigenvalue weighted by atomic mass is 35.5. The summed E-state index contributed by atoms with van der Waals surface area (Å²) in [7, 11) is 1.31. The molecule has 0 bridgehead atoms. The monoisotopic (exact) mass is 297 g/mol. The highest BCUT2D eigenvalue weighted by molar-refractivity contribution is 6.30. The predicted molar refractivity (Wildman–Crippen MR) is 75.4 cm³/mol. The average molecular weight is 298 g/mol. The SMILES string of the molecule is COC(=O)N1CCCC1C(=O)NNc1ccc(Cl)cc1. The van der Waals surface area contributed by atoms with Gasteiger partial charge in [0.1, 0.15) is 6.04 Å². The second kappa shape index (κ2) is 6.47. The van der Waals surface area contributed by atoms with E-state index in [0.717, 1.165) is 6.42 Å². The maximum atomic E-state index is 12.1. The molecular weight excluding hydrogens is 282 g/mol. The Labute approximate surface area is 122 Å². The first-order valence-corrected chi connectivity index (χ1v) is 6.65. The first kappa shape index (κ1) is 14.5. The van der Waals surface area contributed by atoms with Crippen LogP contribution in [-0.2, 0) is 9.53 Å². The standard InChI is InChI=1S/C13H16ClN3O3/c1-20-13(19)17-8-2-3-11(17)12(18)16-15-10-6-4-9(14)5-7-10/h4-7,11,15H,2-3,8H2,1H3,(H,16,18). The van der Waals surface area contributed by atoms with Crippen LogP contribution in [0.1, 0.15) is 12.8 Å². The van der Waals surface area contributed by atoms with Crippen LogP contribution in [0.4, 0.5) is 10.5 Å². The van der Waals surface area contributed by atoms with Gasteiger partial charge in [0.2, 0.25) is 0 Å². The fourth-order valence-corrected chi connectivity index (χ4v) is 2.25. The van der Waals surface area contributed by atoms with Crippen molar-refractivity contribution in [3.63, 3.8) is 0 Å². The third-order valence-electron chi connectivity index (χ3n) is 3.14. The van der Waals surface area contributed by atoms with Crippen molar-refractivity contribution in [3.05, 3.63) is 29.3 Å². The van der Waals surface area contributed by atoms with Crippen LogP contribution in [0, 0.1) is 0 Å². The van der Waals surface area contributed by atoms with Gasteiger partial charge in [-0.1, -0.05) is 11.6 Å². The summed E-state index contributed by atoms with van der Waals surface area (Å²) in [5.41, 5.74) is 6.09. The molecule has 0 aliphatic carbocycles. The molecule has 1 heterocycles. The molecule has 1 saturated heterocycles. The normalized spacial score (nSPS) is 17.7. The lowest BCUT2D eigenvalue weighted by Crippen LogP contribution is -2.47. The molecule has 1 unspecified atom stereocenters. The third-order valence-corrected chi connectivity index (χ3v) is 3.39. The van der Waals surface area contributed by atoms with Gasteiger partial charge in [-0.2, -0.15) is 0 Å². The fourth-order valence-electron chi connectivity index (χ4n) is 2.13. The Bertz CT molecular complexity index is 492. The highest BCUT2D eigenvalue weighted by Gasteiger charge is 2.34. The molecule has 0 aromatic heterocycles. The van der Waals surface area contributed by atoms with Gasteiger partial charge in [-0.05, 0) is 37.1 Å². The molecule has 20 heavy (non-hydrogen) atoms. The number of halogens is 1. The van der Waals surface area contributed by atoms with Gasteiger partial charge >= 0.3 is 6.09 Å². The molecule has 1 aromatic rings. The van der Waals surface area contributed by atoms with Gasteiger partial charge in [-0.15, -0.1) is 0 Å². The lowest BCUT2D eigenvalue weighted by atomic mass is 10.2. The summed E-state index contributed by atoms with van der Waals surface area (Å²) in [6.07, 6.45) is 0.936. The second-order valence-corrected chi connectivity index (χ2v) is 4.88. The van der Waals surface area contributed by atoms with E-state index in [4.69, 9.17) is 11.6 Å². The van der Waals surface area contributed by atoms with E-state index in [-0.39, 0.29) is 5.91 Å². The van der Waals surface area contributed by atoms with Crippen molar-refractivity contribution in [1.82, 2.24) is 10.3 Å². The van der Waals surface area contributed by atoms with Gasteiger partial charge in [0.05, 0.1) is 12.8 Å². The topological polar surface area (TPSA) is 70.7 Å². The zero-order valence-electron chi connectivity index (χ0n) is 11.1. The van der Waals surface area contributed by atoms with Crippen molar-refractivity contribution in [2.24, 2.45) is 0 Å². The van der Waals surface area contributed by atoms with Crippen LogP contribution < -0.4 is 10.9 Å². The first-order valence-electron chi connectivity index (χ1n) is 6.28. The number of nitrogens with zero attached hydrogens (tertiary/aromatic N) is 1. The average Bonchev–Trinajstić information content (AvgIpc) is 2.95. The molecule has 2 amide bonds. The third kappa shape index (κ3) is 3.33. The zero-order valence-corrected chi connectivity index (χ0v) is 11.8. The van der Waals surface area contributed by atoms with Crippen molar-refractivity contribution in [2.45, 2.75) is 18.9 Å². The van der Waals surface area contributed by atoms with E-state index in [1.807, 2.05) is 0 Å². The Morgan fingerprint density at radius 3 is 2.70 bits per heavy atom. The van der Waals surface area contributed by atoms with Crippen LogP contribution in [-0.4, -0.2) is 36.6 Å². The molecule has 0 radical (unpaired) electrons. The van der Waals surface area contributed by atoms with Crippen molar-refractivity contribution in [2.75, 3.05) is 19.1 Å². The lowest BCUT2D eigenvalue weighted by molar-refractivity contribution is -0.124. The summed E-state index contributed by atoms with van der Waals surface area (Å²) < 4.78 is 4.66. The molecule has 1 fully saturated rings. The fraction of sp³-hybridized carbons (Fsp3) is 0.385. The Kier molecular flexibility index (Phi) is 4.68. The van der Waals surface area contributed by atoms with Gasteiger partial charge in [0.15, 0.2) is 0 Å². The molecule has 0 saturated carbocycles. The number of benzene rings is 1. The van der Waals surface area contributed by atoms with E-state index in [2.05, 4.69) is 15.6 Å². The number of hydrogen-bond acceptors (Lipinski definition) is 4. The smallest absolute Gasteiger partial charge is 0.410 e. The number of nitrogens with one attached hydrogen (secondary N) is 2. The largest absolute Gasteiger partial charge is 0.453 e. The maximum Gasteiger partial charge on any atom is 0.410 e. The Morgan fingerprint density at radius 2 is 2.05 bits per heavy atom. The van der Waals surface area contributed by atoms with Gasteiger partial charge in [-0.25, -0.2) is 4.79 Å². The van der Waals surface area contributed by atoms with Crippen LogP contribution in [0.3, 0.4) is 0 Å². The molecular formula is C13H16ClN3O3. The van der Waals surface area contributed by atoms with E-state index in [9.17, 15) is 9.59 Å². The van der Waals surface area contributed by atoms with Crippen LogP contribution in [0.2, 0.25) is 5.02 Å². The van der Waals surface area contributed by atoms with Crippen LogP contribution in [0.5, 0.6) is 0 Å². The van der Waals surface area contributed by atoms with Crippen molar-refractivity contribution in [3.8, 4) is 0 Å². The van der Waals surface area contributed by atoms with Crippen molar-refractivity contribution in [1.29, 1.82) is 0 Å². The number of hydrogen-bond donors (Lipinski definition) is 2. The van der Waals surface area contributed by atoms with Crippen LogP contribution >= 0.6 is 11.6 Å². The molecule has 2 N–H and O–H groups in total. The van der Waals surface area contributed by atoms with Crippen LogP contribution in [0.25, 0.3) is 0 Å². The van der Waals surface area contributed by atoms with E-state index in [0.29, 0.717) is 23.7 Å². The molecule has 0 spiro atoms. The number of likely N-dealkylation sites (tertiary alicyclic amines) is 1. The van der Waals surface area contributed by atoms with E-state index in [1.54, 1.807) is 24.3 Å². The molecule has 1 aliphatic rings. The van der Waals surface area contributed by atoms with Crippen molar-refractivity contribution < 1.29 is 14.3 Å². The van der Waals surface area contributed by atoms with Crippen molar-refractivity contribution >= 4 is 29.3 Å². The number of ether oxygens (including phenoxy) is 1. The minimum atomic E-state index is -0.498. The number of amides is 2. The summed E-state index contributed by atoms with van der Waals surface area (Å²) in [6, 6.07) is 6.42. The molecule has 108 valence electrons. The number of carbonyl (C=O) groups is 2. The number of carbonyl (C=O) groups excluding carboxylic acids is 2. The second-order valence-electron chi connectivity index (χ2n) is 4.44. The van der Waals surface area contributed by atoms with E-state index in [1.165, 1.54) is 12.0 Å². The molecule has 2 rings (SSSR count). The highest BCUT2D eigenvalue weighted by Crippen LogP contribution is 2.18. The summed E-state index contributed by atoms with van der Waals surface area (Å²) in [5, 5.41) is 0.620. The van der Waals surface area contributed by atoms with Gasteiger partial charge < -0.3 is 4.74 Å². The number of rotatable bonds is 3. The first-order chi connectivity index (χ1) is 9.61. The van der Waals surface area contributed by atoms with Crippen LogP contribution in [0.15, 0.2) is 24.3 Å². The minimum Gasteiger partial charge on any atom is -0.453 e. The summed E-state index contributed by atoms with van der Waals surface area (Å²) >= 11 is 5.77. The zero-order chi connectivity index (χ0) is 14.5. The minimum absolute atomic E-state index is 0.261. The lowest BCUT2D eigenvalue weighted by Gasteiger charge is -2.22. The molecule has 1 atom stereocenters. The van der Waals surface area contributed by atoms with Gasteiger partial charge in [0, 0.05) is 11.6 Å². The summed E-state index contributed by atoms with van der Waals surface area (Å²) in [5.74, 6) is -0.261. The quantitative estimate of drug-likeness (QED) is 0.837. The predicted octanol–water partition coefficient (Wildman–Crippen LogP) is 2.01. The Balaban J connectivity index is 1.91. The Morgan fingerprint density at radius 1 is 1.35 bits per heavy atom. The van der Waals surface area contributed by atoms with E-state index >= 15 is 0 Å². The molecule has 1 aliphatic heterocycles. The molecule has 1 aromatic carbocycles. The summed E-state index contributed by atoms with van der Waals surface area (Å²) in [4.78, 5) is 25.0. The maximum absolute atomic E-state index is 12.1. The molecule has 6 nitrogen and oxygen atoms in total. The number of hydrazine groups is 1. The summed E-state index contributed by atoms with van der Waals surface area (Å²) in [6.45, 7) is 0.533. The Hall–Kier alpha value is -1.95.